The van der Waals surface area contributed by atoms with E-state index in [1.165, 1.54) is 24.1 Å². The fraction of sp³-hybridized carbons (Fsp3) is 0.562. The molecule has 0 spiro atoms. The molecule has 0 aromatic carbocycles. The first kappa shape index (κ1) is 13.6. The number of piperidine rings is 1. The molecule has 1 fully saturated rings. The summed E-state index contributed by atoms with van der Waals surface area (Å²) in [7, 11) is 2.07. The zero-order valence-electron chi connectivity index (χ0n) is 12.7. The monoisotopic (exact) mass is 272 g/mol. The van der Waals surface area contributed by atoms with E-state index in [-0.39, 0.29) is 0 Å². The standard InChI is InChI=1S/C16H24N4/c1-13-4-5-15-18-14(12-20(15)10-13)11-19-8-6-16(2,17-3)7-9-19/h4-5,10,12,17H,6-9,11H2,1-3H3. The fourth-order valence-corrected chi connectivity index (χ4v) is 2.92. The molecule has 0 radical (unpaired) electrons. The molecule has 1 aliphatic heterocycles. The second kappa shape index (κ2) is 5.19. The summed E-state index contributed by atoms with van der Waals surface area (Å²) in [4.78, 5) is 7.22. The average molecular weight is 272 g/mol. The molecule has 20 heavy (non-hydrogen) atoms. The highest BCUT2D eigenvalue weighted by molar-refractivity contribution is 5.41. The minimum atomic E-state index is 0.312. The van der Waals surface area contributed by atoms with Crippen molar-refractivity contribution >= 4 is 5.65 Å². The first-order valence-corrected chi connectivity index (χ1v) is 7.43. The first-order chi connectivity index (χ1) is 9.58. The zero-order chi connectivity index (χ0) is 14.2. The van der Waals surface area contributed by atoms with E-state index in [4.69, 9.17) is 4.98 Å². The summed E-state index contributed by atoms with van der Waals surface area (Å²) >= 11 is 0. The second-order valence-electron chi connectivity index (χ2n) is 6.29. The Bertz CT molecular complexity index is 594. The summed E-state index contributed by atoms with van der Waals surface area (Å²) in [5, 5.41) is 3.45. The van der Waals surface area contributed by atoms with Crippen LogP contribution in [0.25, 0.3) is 5.65 Å². The van der Waals surface area contributed by atoms with Gasteiger partial charge in [0.05, 0.1) is 5.69 Å². The summed E-state index contributed by atoms with van der Waals surface area (Å²) < 4.78 is 2.13. The van der Waals surface area contributed by atoms with Crippen molar-refractivity contribution in [2.75, 3.05) is 20.1 Å². The Morgan fingerprint density at radius 2 is 2.00 bits per heavy atom. The number of pyridine rings is 1. The SMILES string of the molecule is CNC1(C)CCN(Cc2cn3cc(C)ccc3n2)CC1. The van der Waals surface area contributed by atoms with Gasteiger partial charge in [-0.1, -0.05) is 6.07 Å². The summed E-state index contributed by atoms with van der Waals surface area (Å²) in [5.74, 6) is 0. The predicted octanol–water partition coefficient (Wildman–Crippen LogP) is 2.22. The lowest BCUT2D eigenvalue weighted by atomic mass is 9.90. The van der Waals surface area contributed by atoms with E-state index < -0.39 is 0 Å². The number of aromatic nitrogens is 2. The van der Waals surface area contributed by atoms with E-state index in [2.05, 4.69) is 60.0 Å². The Kier molecular flexibility index (Phi) is 3.52. The van der Waals surface area contributed by atoms with Crippen molar-refractivity contribution < 1.29 is 0 Å². The number of hydrogen-bond acceptors (Lipinski definition) is 3. The highest BCUT2D eigenvalue weighted by Crippen LogP contribution is 2.22. The third-order valence-electron chi connectivity index (χ3n) is 4.60. The average Bonchev–Trinajstić information content (AvgIpc) is 2.83. The van der Waals surface area contributed by atoms with Crippen molar-refractivity contribution in [2.45, 2.75) is 38.8 Å². The molecule has 2 aromatic rings. The van der Waals surface area contributed by atoms with E-state index in [0.717, 1.165) is 25.3 Å². The van der Waals surface area contributed by atoms with E-state index in [1.54, 1.807) is 0 Å². The van der Waals surface area contributed by atoms with Gasteiger partial charge >= 0.3 is 0 Å². The molecule has 0 bridgehead atoms. The van der Waals surface area contributed by atoms with E-state index >= 15 is 0 Å². The Balaban J connectivity index is 1.68. The molecule has 4 nitrogen and oxygen atoms in total. The number of likely N-dealkylation sites (tertiary alicyclic amines) is 1. The number of imidazole rings is 1. The molecule has 0 aliphatic carbocycles. The van der Waals surface area contributed by atoms with Crippen LogP contribution in [0.5, 0.6) is 0 Å². The van der Waals surface area contributed by atoms with Crippen molar-refractivity contribution in [1.82, 2.24) is 19.6 Å². The second-order valence-corrected chi connectivity index (χ2v) is 6.29. The van der Waals surface area contributed by atoms with E-state index in [0.29, 0.717) is 5.54 Å². The van der Waals surface area contributed by atoms with Crippen LogP contribution in [0.1, 0.15) is 31.0 Å². The van der Waals surface area contributed by atoms with Gasteiger partial charge in [0.15, 0.2) is 0 Å². The van der Waals surface area contributed by atoms with Crippen LogP contribution >= 0.6 is 0 Å². The van der Waals surface area contributed by atoms with Crippen molar-refractivity contribution in [3.05, 3.63) is 35.8 Å². The summed E-state index contributed by atoms with van der Waals surface area (Å²) in [6.45, 7) is 7.68. The minimum absolute atomic E-state index is 0.312. The molecule has 3 heterocycles. The molecule has 0 amide bonds. The predicted molar refractivity (Wildman–Crippen MR) is 81.9 cm³/mol. The minimum Gasteiger partial charge on any atom is -0.314 e. The molecular formula is C16H24N4. The number of aryl methyl sites for hydroxylation is 1. The largest absolute Gasteiger partial charge is 0.314 e. The van der Waals surface area contributed by atoms with Gasteiger partial charge in [-0.3, -0.25) is 4.90 Å². The topological polar surface area (TPSA) is 32.6 Å². The fourth-order valence-electron chi connectivity index (χ4n) is 2.92. The maximum Gasteiger partial charge on any atom is 0.137 e. The van der Waals surface area contributed by atoms with E-state index in [9.17, 15) is 0 Å². The molecule has 1 N–H and O–H groups in total. The molecule has 108 valence electrons. The molecule has 0 saturated carbocycles. The highest BCUT2D eigenvalue weighted by Gasteiger charge is 2.28. The number of nitrogens with zero attached hydrogens (tertiary/aromatic N) is 3. The van der Waals surface area contributed by atoms with Crippen LogP contribution in [-0.2, 0) is 6.54 Å². The van der Waals surface area contributed by atoms with Gasteiger partial charge in [-0.25, -0.2) is 4.98 Å². The molecule has 3 rings (SSSR count). The molecular weight excluding hydrogens is 248 g/mol. The molecule has 0 unspecified atom stereocenters. The van der Waals surface area contributed by atoms with Crippen LogP contribution < -0.4 is 5.32 Å². The molecule has 1 aliphatic rings. The smallest absolute Gasteiger partial charge is 0.137 e. The molecule has 2 aromatic heterocycles. The van der Waals surface area contributed by atoms with Gasteiger partial charge in [0, 0.05) is 37.6 Å². The van der Waals surface area contributed by atoms with Crippen LogP contribution in [-0.4, -0.2) is 40.0 Å². The van der Waals surface area contributed by atoms with E-state index in [1.807, 2.05) is 0 Å². The van der Waals surface area contributed by atoms with Gasteiger partial charge in [-0.2, -0.15) is 0 Å². The lowest BCUT2D eigenvalue weighted by Crippen LogP contribution is -2.49. The Morgan fingerprint density at radius 3 is 2.70 bits per heavy atom. The van der Waals surface area contributed by atoms with Crippen LogP contribution in [0.3, 0.4) is 0 Å². The quantitative estimate of drug-likeness (QED) is 0.930. The van der Waals surface area contributed by atoms with Gasteiger partial charge in [0.2, 0.25) is 0 Å². The number of nitrogens with one attached hydrogen (secondary N) is 1. The maximum atomic E-state index is 4.71. The van der Waals surface area contributed by atoms with Crippen LogP contribution in [0.4, 0.5) is 0 Å². The van der Waals surface area contributed by atoms with Crippen molar-refractivity contribution in [1.29, 1.82) is 0 Å². The number of fused-ring (bicyclic) bond motifs is 1. The Hall–Kier alpha value is -1.39. The maximum absolute atomic E-state index is 4.71. The third kappa shape index (κ3) is 2.72. The summed E-state index contributed by atoms with van der Waals surface area (Å²) in [6, 6.07) is 4.21. The summed E-state index contributed by atoms with van der Waals surface area (Å²) in [5.41, 5.74) is 3.79. The van der Waals surface area contributed by atoms with Gasteiger partial charge in [-0.15, -0.1) is 0 Å². The highest BCUT2D eigenvalue weighted by atomic mass is 15.2. The Labute approximate surface area is 120 Å². The van der Waals surface area contributed by atoms with Crippen LogP contribution in [0, 0.1) is 6.92 Å². The summed E-state index contributed by atoms with van der Waals surface area (Å²) in [6.07, 6.45) is 6.71. The van der Waals surface area contributed by atoms with Gasteiger partial charge in [-0.05, 0) is 45.4 Å². The van der Waals surface area contributed by atoms with Crippen molar-refractivity contribution in [3.63, 3.8) is 0 Å². The molecule has 1 saturated heterocycles. The number of rotatable bonds is 3. The van der Waals surface area contributed by atoms with Gasteiger partial charge in [0.1, 0.15) is 5.65 Å². The van der Waals surface area contributed by atoms with Crippen LogP contribution in [0.2, 0.25) is 0 Å². The van der Waals surface area contributed by atoms with Crippen LogP contribution in [0.15, 0.2) is 24.5 Å². The lowest BCUT2D eigenvalue weighted by molar-refractivity contribution is 0.145. The van der Waals surface area contributed by atoms with Gasteiger partial charge < -0.3 is 9.72 Å². The molecule has 0 atom stereocenters. The normalized spacial score (nSPS) is 19.6. The molecule has 4 heteroatoms. The Morgan fingerprint density at radius 1 is 1.25 bits per heavy atom. The van der Waals surface area contributed by atoms with Crippen molar-refractivity contribution in [2.24, 2.45) is 0 Å². The zero-order valence-corrected chi connectivity index (χ0v) is 12.7. The van der Waals surface area contributed by atoms with Crippen molar-refractivity contribution in [3.8, 4) is 0 Å². The number of hydrogen-bond donors (Lipinski definition) is 1. The lowest BCUT2D eigenvalue weighted by Gasteiger charge is -2.39. The first-order valence-electron chi connectivity index (χ1n) is 7.43. The third-order valence-corrected chi connectivity index (χ3v) is 4.60. The van der Waals surface area contributed by atoms with Gasteiger partial charge in [0.25, 0.3) is 0 Å².